The number of benzene rings is 2. The van der Waals surface area contributed by atoms with Crippen LogP contribution in [0.4, 0.5) is 0 Å². The van der Waals surface area contributed by atoms with Gasteiger partial charge in [-0.25, -0.2) is 8.42 Å². The van der Waals surface area contributed by atoms with E-state index in [9.17, 15) is 8.42 Å². The van der Waals surface area contributed by atoms with Crippen LogP contribution in [0.2, 0.25) is 0 Å². The molecule has 0 spiro atoms. The van der Waals surface area contributed by atoms with Crippen molar-refractivity contribution < 1.29 is 8.42 Å². The first kappa shape index (κ1) is 19.6. The Labute approximate surface area is 170 Å². The molecule has 0 N–H and O–H groups in total. The molecule has 0 saturated carbocycles. The topological polar surface area (TPSA) is 34.1 Å². The monoisotopic (exact) mass is 586 g/mol. The summed E-state index contributed by atoms with van der Waals surface area (Å²) >= 11 is 13.4. The number of aryl methyl sites for hydroxylation is 2. The van der Waals surface area contributed by atoms with Crippen LogP contribution in [0.1, 0.15) is 22.3 Å². The number of halogens is 4. The van der Waals surface area contributed by atoms with Gasteiger partial charge in [-0.15, -0.1) is 0 Å². The fourth-order valence-corrected chi connectivity index (χ4v) is 9.76. The summed E-state index contributed by atoms with van der Waals surface area (Å²) < 4.78 is 23.7. The van der Waals surface area contributed by atoms with Gasteiger partial charge in [0.1, 0.15) is 0 Å². The lowest BCUT2D eigenvalue weighted by Crippen LogP contribution is -2.34. The van der Waals surface area contributed by atoms with Gasteiger partial charge in [0.15, 0.2) is 0 Å². The molecule has 7 heteroatoms. The number of sulfone groups is 1. The van der Waals surface area contributed by atoms with Gasteiger partial charge in [-0.1, -0.05) is 59.7 Å². The van der Waals surface area contributed by atoms with E-state index in [-0.39, 0.29) is 0 Å². The van der Waals surface area contributed by atoms with Gasteiger partial charge in [0, 0.05) is 0 Å². The summed E-state index contributed by atoms with van der Waals surface area (Å²) in [7, 11) is -3.80. The summed E-state index contributed by atoms with van der Waals surface area (Å²) in [5.74, 6) is 0. The van der Waals surface area contributed by atoms with E-state index in [0.717, 1.165) is 11.1 Å². The van der Waals surface area contributed by atoms with Gasteiger partial charge in [0.05, 0.1) is 0 Å². The lowest BCUT2D eigenvalue weighted by molar-refractivity contribution is 0.589. The van der Waals surface area contributed by atoms with Gasteiger partial charge < -0.3 is 0 Å². The Bertz CT molecular complexity index is 731. The van der Waals surface area contributed by atoms with Crippen LogP contribution in [0.3, 0.4) is 0 Å². The zero-order chi connectivity index (χ0) is 17.5. The van der Waals surface area contributed by atoms with E-state index in [1.807, 2.05) is 38.1 Å². The molecule has 2 nitrogen and oxygen atoms in total. The van der Waals surface area contributed by atoms with Crippen molar-refractivity contribution in [2.45, 2.75) is 19.0 Å². The molecule has 0 radical (unpaired) electrons. The second kappa shape index (κ2) is 6.90. The fraction of sp³-hybridized carbons (Fsp3) is 0.250. The lowest BCUT2D eigenvalue weighted by atomic mass is 10.2. The van der Waals surface area contributed by atoms with Crippen molar-refractivity contribution in [1.82, 2.24) is 0 Å². The van der Waals surface area contributed by atoms with E-state index in [0.29, 0.717) is 11.1 Å². The Morgan fingerprint density at radius 1 is 0.652 bits per heavy atom. The summed E-state index contributed by atoms with van der Waals surface area (Å²) in [4.78, 5) is 0. The van der Waals surface area contributed by atoms with E-state index in [1.165, 1.54) is 0 Å². The third kappa shape index (κ3) is 3.64. The summed E-state index contributed by atoms with van der Waals surface area (Å²) in [6, 6.07) is 14.6. The number of alkyl halides is 4. The van der Waals surface area contributed by atoms with Gasteiger partial charge in [0.25, 0.3) is 0 Å². The van der Waals surface area contributed by atoms with Gasteiger partial charge in [-0.2, -0.15) is 0 Å². The van der Waals surface area contributed by atoms with E-state index in [1.54, 1.807) is 24.3 Å². The first-order chi connectivity index (χ1) is 10.5. The molecule has 23 heavy (non-hydrogen) atoms. The minimum absolute atomic E-state index is 0.596. The molecule has 0 heterocycles. The van der Waals surface area contributed by atoms with Crippen LogP contribution in [0.25, 0.3) is 0 Å². The van der Waals surface area contributed by atoms with Crippen LogP contribution >= 0.6 is 63.7 Å². The summed E-state index contributed by atoms with van der Waals surface area (Å²) in [6.07, 6.45) is 0. The predicted octanol–water partition coefficient (Wildman–Crippen LogP) is 6.22. The highest BCUT2D eigenvalue weighted by Gasteiger charge is 2.53. The first-order valence-corrected chi connectivity index (χ1v) is 11.3. The summed E-state index contributed by atoms with van der Waals surface area (Å²) in [5, 5.41) is 0. The molecule has 2 aromatic rings. The van der Waals surface area contributed by atoms with Crippen LogP contribution in [-0.4, -0.2) is 8.42 Å². The van der Waals surface area contributed by atoms with Crippen molar-refractivity contribution in [1.29, 1.82) is 0 Å². The quantitative estimate of drug-likeness (QED) is 0.397. The van der Waals surface area contributed by atoms with Crippen molar-refractivity contribution in [3.63, 3.8) is 0 Å². The zero-order valence-electron chi connectivity index (χ0n) is 12.4. The van der Waals surface area contributed by atoms with E-state index in [4.69, 9.17) is 0 Å². The van der Waals surface area contributed by atoms with Crippen molar-refractivity contribution >= 4 is 73.6 Å². The molecule has 0 aliphatic rings. The lowest BCUT2D eigenvalue weighted by Gasteiger charge is -2.30. The maximum Gasteiger partial charge on any atom is 0.210 e. The normalized spacial score (nSPS) is 13.1. The number of hydrogen-bond acceptors (Lipinski definition) is 2. The highest BCUT2D eigenvalue weighted by atomic mass is 79.9. The third-order valence-electron chi connectivity index (χ3n) is 3.45. The molecular weight excluding hydrogens is 576 g/mol. The molecule has 0 fully saturated rings. The molecule has 0 amide bonds. The minimum atomic E-state index is -3.80. The van der Waals surface area contributed by atoms with Gasteiger partial charge >= 0.3 is 0 Å². The molecule has 0 aliphatic heterocycles. The van der Waals surface area contributed by atoms with Crippen molar-refractivity contribution in [3.05, 3.63) is 70.8 Å². The van der Waals surface area contributed by atoms with Gasteiger partial charge in [-0.05, 0) is 88.7 Å². The molecule has 124 valence electrons. The molecule has 0 aliphatic carbocycles. The molecule has 0 atom stereocenters. The highest BCUT2D eigenvalue weighted by Crippen LogP contribution is 2.56. The standard InChI is InChI=1S/C16H14Br4O2S/c1-11-3-7-13(8-4-11)15(17,18)23(21,22)16(19,20)14-9-5-12(2)6-10-14/h3-10H,1-2H3. The molecule has 2 aromatic carbocycles. The first-order valence-electron chi connectivity index (χ1n) is 6.64. The Balaban J connectivity index is 2.54. The minimum Gasteiger partial charge on any atom is -0.223 e. The predicted molar refractivity (Wildman–Crippen MR) is 110 cm³/mol. The van der Waals surface area contributed by atoms with Gasteiger partial charge in [0.2, 0.25) is 15.0 Å². The van der Waals surface area contributed by atoms with Crippen molar-refractivity contribution in [3.8, 4) is 0 Å². The van der Waals surface area contributed by atoms with Crippen molar-refractivity contribution in [2.24, 2.45) is 0 Å². The van der Waals surface area contributed by atoms with Crippen LogP contribution < -0.4 is 0 Å². The number of hydrogen-bond donors (Lipinski definition) is 0. The van der Waals surface area contributed by atoms with Gasteiger partial charge in [-0.3, -0.25) is 0 Å². The Morgan fingerprint density at radius 2 is 0.913 bits per heavy atom. The third-order valence-corrected chi connectivity index (χ3v) is 12.2. The van der Waals surface area contributed by atoms with E-state index >= 15 is 0 Å². The van der Waals surface area contributed by atoms with Crippen LogP contribution in [0.15, 0.2) is 48.5 Å². The SMILES string of the molecule is Cc1ccc(C(Br)(Br)S(=O)(=O)C(Br)(Br)c2ccc(C)cc2)cc1. The van der Waals surface area contributed by atoms with Crippen LogP contribution in [0, 0.1) is 13.8 Å². The fourth-order valence-electron chi connectivity index (χ4n) is 1.97. The zero-order valence-corrected chi connectivity index (χ0v) is 19.5. The number of rotatable bonds is 4. The van der Waals surface area contributed by atoms with Crippen molar-refractivity contribution in [2.75, 3.05) is 0 Å². The molecular formula is C16H14Br4O2S. The van der Waals surface area contributed by atoms with E-state index in [2.05, 4.69) is 63.7 Å². The molecule has 2 rings (SSSR count). The molecule has 0 bridgehead atoms. The molecule has 0 unspecified atom stereocenters. The molecule has 0 aromatic heterocycles. The van der Waals surface area contributed by atoms with Crippen LogP contribution in [-0.2, 0) is 15.0 Å². The maximum atomic E-state index is 13.3. The Hall–Kier alpha value is 0.310. The smallest absolute Gasteiger partial charge is 0.210 e. The largest absolute Gasteiger partial charge is 0.223 e. The Kier molecular flexibility index (Phi) is 5.89. The summed E-state index contributed by atoms with van der Waals surface area (Å²) in [5.41, 5.74) is 3.31. The maximum absolute atomic E-state index is 13.3. The average Bonchev–Trinajstić information content (AvgIpc) is 2.47. The Morgan fingerprint density at radius 3 is 1.17 bits per heavy atom. The summed E-state index contributed by atoms with van der Waals surface area (Å²) in [6.45, 7) is 3.90. The highest BCUT2D eigenvalue weighted by molar-refractivity contribution is 9.30. The second-order valence-corrected chi connectivity index (χ2v) is 16.5. The second-order valence-electron chi connectivity index (χ2n) is 5.27. The van der Waals surface area contributed by atoms with Crippen LogP contribution in [0.5, 0.6) is 0 Å². The average molecular weight is 590 g/mol. The molecule has 0 saturated heterocycles. The van der Waals surface area contributed by atoms with E-state index < -0.39 is 15.0 Å².